The van der Waals surface area contributed by atoms with E-state index in [-0.39, 0.29) is 11.5 Å². The van der Waals surface area contributed by atoms with Crippen molar-refractivity contribution >= 4 is 11.4 Å². The van der Waals surface area contributed by atoms with Crippen molar-refractivity contribution < 1.29 is 9.31 Å². The van der Waals surface area contributed by atoms with Crippen molar-refractivity contribution in [3.63, 3.8) is 0 Å². The van der Waals surface area contributed by atoms with Gasteiger partial charge in [0.2, 0.25) is 0 Å². The molecule has 0 spiro atoms. The molecule has 0 saturated heterocycles. The standard InChI is InChI=1S/C14H13FN2O2/c15-12-7-5-11(6-8-12)9-10-16-13-3-1-2-4-14(13)17(18)19/h1-8,16H,9-10H2. The molecule has 98 valence electrons. The Morgan fingerprint density at radius 1 is 1.11 bits per heavy atom. The molecule has 2 rings (SSSR count). The Balaban J connectivity index is 1.96. The number of hydrogen-bond acceptors (Lipinski definition) is 3. The van der Waals surface area contributed by atoms with Crippen molar-refractivity contribution in [1.29, 1.82) is 0 Å². The molecule has 0 aliphatic heterocycles. The van der Waals surface area contributed by atoms with Gasteiger partial charge in [0.15, 0.2) is 0 Å². The summed E-state index contributed by atoms with van der Waals surface area (Å²) in [5, 5.41) is 13.8. The number of nitro groups is 1. The number of rotatable bonds is 5. The summed E-state index contributed by atoms with van der Waals surface area (Å²) < 4.78 is 12.7. The predicted molar refractivity (Wildman–Crippen MR) is 71.7 cm³/mol. The number of hydrogen-bond donors (Lipinski definition) is 1. The Morgan fingerprint density at radius 2 is 1.79 bits per heavy atom. The van der Waals surface area contributed by atoms with E-state index in [1.54, 1.807) is 30.3 Å². The van der Waals surface area contributed by atoms with Gasteiger partial charge in [-0.05, 0) is 30.2 Å². The molecule has 0 aromatic heterocycles. The molecule has 19 heavy (non-hydrogen) atoms. The molecule has 0 aliphatic rings. The van der Waals surface area contributed by atoms with E-state index < -0.39 is 4.92 Å². The van der Waals surface area contributed by atoms with Gasteiger partial charge in [-0.25, -0.2) is 4.39 Å². The summed E-state index contributed by atoms with van der Waals surface area (Å²) in [7, 11) is 0. The molecule has 0 unspecified atom stereocenters. The van der Waals surface area contributed by atoms with Crippen LogP contribution in [0.2, 0.25) is 0 Å². The maximum Gasteiger partial charge on any atom is 0.292 e. The highest BCUT2D eigenvalue weighted by atomic mass is 19.1. The molecule has 0 saturated carbocycles. The van der Waals surface area contributed by atoms with E-state index >= 15 is 0 Å². The van der Waals surface area contributed by atoms with E-state index in [4.69, 9.17) is 0 Å². The van der Waals surface area contributed by atoms with Gasteiger partial charge in [-0.1, -0.05) is 24.3 Å². The quantitative estimate of drug-likeness (QED) is 0.662. The Hall–Kier alpha value is -2.43. The number of nitro benzene ring substituents is 1. The van der Waals surface area contributed by atoms with Crippen LogP contribution < -0.4 is 5.32 Å². The van der Waals surface area contributed by atoms with Gasteiger partial charge in [-0.15, -0.1) is 0 Å². The largest absolute Gasteiger partial charge is 0.379 e. The van der Waals surface area contributed by atoms with Crippen LogP contribution in [0.5, 0.6) is 0 Å². The SMILES string of the molecule is O=[N+]([O-])c1ccccc1NCCc1ccc(F)cc1. The first-order chi connectivity index (χ1) is 9.16. The number of halogens is 1. The summed E-state index contributed by atoms with van der Waals surface area (Å²) in [6.45, 7) is 0.552. The monoisotopic (exact) mass is 260 g/mol. The van der Waals surface area contributed by atoms with Crippen LogP contribution in [-0.4, -0.2) is 11.5 Å². The average Bonchev–Trinajstić information content (AvgIpc) is 2.41. The van der Waals surface area contributed by atoms with Gasteiger partial charge in [-0.3, -0.25) is 10.1 Å². The summed E-state index contributed by atoms with van der Waals surface area (Å²) in [5.74, 6) is -0.268. The highest BCUT2D eigenvalue weighted by molar-refractivity contribution is 5.61. The molecular formula is C14H13FN2O2. The lowest BCUT2D eigenvalue weighted by Crippen LogP contribution is -2.06. The first-order valence-corrected chi connectivity index (χ1v) is 5.88. The fourth-order valence-electron chi connectivity index (χ4n) is 1.77. The van der Waals surface area contributed by atoms with Crippen LogP contribution in [0.25, 0.3) is 0 Å². The Labute approximate surface area is 110 Å². The van der Waals surface area contributed by atoms with E-state index in [1.807, 2.05) is 0 Å². The van der Waals surface area contributed by atoms with Crippen LogP contribution >= 0.6 is 0 Å². The fourth-order valence-corrected chi connectivity index (χ4v) is 1.77. The normalized spacial score (nSPS) is 10.2. The minimum Gasteiger partial charge on any atom is -0.379 e. The smallest absolute Gasteiger partial charge is 0.292 e. The fraction of sp³-hybridized carbons (Fsp3) is 0.143. The van der Waals surface area contributed by atoms with E-state index in [2.05, 4.69) is 5.32 Å². The molecule has 0 heterocycles. The van der Waals surface area contributed by atoms with Gasteiger partial charge in [0, 0.05) is 12.6 Å². The van der Waals surface area contributed by atoms with E-state index in [0.717, 1.165) is 5.56 Å². The second-order valence-corrected chi connectivity index (χ2v) is 4.08. The third-order valence-corrected chi connectivity index (χ3v) is 2.74. The number of nitrogens with one attached hydrogen (secondary N) is 1. The molecule has 0 atom stereocenters. The molecule has 4 nitrogen and oxygen atoms in total. The van der Waals surface area contributed by atoms with Crippen molar-refractivity contribution in [2.45, 2.75) is 6.42 Å². The molecular weight excluding hydrogens is 247 g/mol. The van der Waals surface area contributed by atoms with Gasteiger partial charge in [0.1, 0.15) is 11.5 Å². The van der Waals surface area contributed by atoms with Crippen LogP contribution in [0.15, 0.2) is 48.5 Å². The summed E-state index contributed by atoms with van der Waals surface area (Å²) in [4.78, 5) is 10.4. The van der Waals surface area contributed by atoms with E-state index in [9.17, 15) is 14.5 Å². The Kier molecular flexibility index (Phi) is 4.07. The van der Waals surface area contributed by atoms with Crippen molar-refractivity contribution in [3.05, 3.63) is 70.0 Å². The third kappa shape index (κ3) is 3.51. The minimum absolute atomic E-state index is 0.0570. The van der Waals surface area contributed by atoms with Gasteiger partial charge < -0.3 is 5.32 Å². The summed E-state index contributed by atoms with van der Waals surface area (Å²) in [6, 6.07) is 12.7. The van der Waals surface area contributed by atoms with Crippen LogP contribution in [0, 0.1) is 15.9 Å². The average molecular weight is 260 g/mol. The lowest BCUT2D eigenvalue weighted by atomic mass is 10.1. The van der Waals surface area contributed by atoms with Gasteiger partial charge >= 0.3 is 0 Å². The van der Waals surface area contributed by atoms with Gasteiger partial charge in [0.25, 0.3) is 5.69 Å². The van der Waals surface area contributed by atoms with Gasteiger partial charge in [0.05, 0.1) is 4.92 Å². The second kappa shape index (κ2) is 5.95. The second-order valence-electron chi connectivity index (χ2n) is 4.08. The van der Waals surface area contributed by atoms with Crippen molar-refractivity contribution in [2.24, 2.45) is 0 Å². The lowest BCUT2D eigenvalue weighted by Gasteiger charge is -2.06. The first kappa shape index (κ1) is 13.0. The zero-order valence-corrected chi connectivity index (χ0v) is 10.2. The van der Waals surface area contributed by atoms with Gasteiger partial charge in [-0.2, -0.15) is 0 Å². The van der Waals surface area contributed by atoms with E-state index in [1.165, 1.54) is 18.2 Å². The van der Waals surface area contributed by atoms with Crippen LogP contribution in [-0.2, 0) is 6.42 Å². The molecule has 0 fully saturated rings. The minimum atomic E-state index is -0.416. The van der Waals surface area contributed by atoms with Crippen molar-refractivity contribution in [1.82, 2.24) is 0 Å². The molecule has 5 heteroatoms. The molecule has 2 aromatic carbocycles. The first-order valence-electron chi connectivity index (χ1n) is 5.88. The zero-order chi connectivity index (χ0) is 13.7. The summed E-state index contributed by atoms with van der Waals surface area (Å²) in [5.41, 5.74) is 1.53. The summed E-state index contributed by atoms with van der Waals surface area (Å²) >= 11 is 0. The predicted octanol–water partition coefficient (Wildman–Crippen LogP) is 3.39. The van der Waals surface area contributed by atoms with Crippen molar-refractivity contribution in [2.75, 3.05) is 11.9 Å². The Morgan fingerprint density at radius 3 is 2.47 bits per heavy atom. The molecule has 0 radical (unpaired) electrons. The number of para-hydroxylation sites is 2. The maximum atomic E-state index is 12.7. The van der Waals surface area contributed by atoms with E-state index in [0.29, 0.717) is 18.7 Å². The number of benzene rings is 2. The third-order valence-electron chi connectivity index (χ3n) is 2.74. The van der Waals surface area contributed by atoms with Crippen LogP contribution in [0.4, 0.5) is 15.8 Å². The molecule has 0 bridgehead atoms. The molecule has 0 aliphatic carbocycles. The molecule has 2 aromatic rings. The van der Waals surface area contributed by atoms with Crippen LogP contribution in [0.1, 0.15) is 5.56 Å². The Bertz CT molecular complexity index is 570. The number of anilines is 1. The van der Waals surface area contributed by atoms with Crippen LogP contribution in [0.3, 0.4) is 0 Å². The number of nitrogens with zero attached hydrogens (tertiary/aromatic N) is 1. The molecule has 1 N–H and O–H groups in total. The molecule has 0 amide bonds. The lowest BCUT2D eigenvalue weighted by molar-refractivity contribution is -0.384. The highest BCUT2D eigenvalue weighted by Crippen LogP contribution is 2.22. The van der Waals surface area contributed by atoms with Crippen molar-refractivity contribution in [3.8, 4) is 0 Å². The highest BCUT2D eigenvalue weighted by Gasteiger charge is 2.11. The zero-order valence-electron chi connectivity index (χ0n) is 10.2. The maximum absolute atomic E-state index is 12.7. The summed E-state index contributed by atoms with van der Waals surface area (Å²) in [6.07, 6.45) is 0.673. The topological polar surface area (TPSA) is 55.2 Å².